The Morgan fingerprint density at radius 3 is 2.63 bits per heavy atom. The summed E-state index contributed by atoms with van der Waals surface area (Å²) in [5.41, 5.74) is 2.58. The van der Waals surface area contributed by atoms with Gasteiger partial charge in [-0.3, -0.25) is 0 Å². The van der Waals surface area contributed by atoms with E-state index in [2.05, 4.69) is 48.3 Å². The molecule has 19 heavy (non-hydrogen) atoms. The first kappa shape index (κ1) is 14.4. The largest absolute Gasteiger partial charge is 0.391 e. The van der Waals surface area contributed by atoms with Crippen molar-refractivity contribution in [3.8, 4) is 0 Å². The number of benzene rings is 1. The van der Waals surface area contributed by atoms with Gasteiger partial charge in [0.2, 0.25) is 0 Å². The van der Waals surface area contributed by atoms with Crippen LogP contribution in [0, 0.1) is 0 Å². The zero-order chi connectivity index (χ0) is 13.7. The van der Waals surface area contributed by atoms with Crippen molar-refractivity contribution in [3.63, 3.8) is 0 Å². The van der Waals surface area contributed by atoms with Crippen LogP contribution in [0.25, 0.3) is 0 Å². The number of anilines is 1. The van der Waals surface area contributed by atoms with Gasteiger partial charge in [0.25, 0.3) is 0 Å². The summed E-state index contributed by atoms with van der Waals surface area (Å²) < 4.78 is 0. The number of nitrogens with zero attached hydrogens (tertiary/aromatic N) is 1. The fraction of sp³-hybridized carbons (Fsp3) is 0.625. The quantitative estimate of drug-likeness (QED) is 0.856. The molecule has 0 radical (unpaired) electrons. The standard InChI is InChI=1S/C16H26N2O/c1-3-16(17-4-2)13-7-9-14(10-8-13)18-11-5-6-15(19)12-18/h7-10,15-17,19H,3-6,11-12H2,1-2H3. The fourth-order valence-corrected chi connectivity index (χ4v) is 2.85. The molecular formula is C16H26N2O. The first-order valence-corrected chi connectivity index (χ1v) is 7.51. The highest BCUT2D eigenvalue weighted by molar-refractivity contribution is 5.48. The van der Waals surface area contributed by atoms with E-state index in [9.17, 15) is 5.11 Å². The summed E-state index contributed by atoms with van der Waals surface area (Å²) in [6.07, 6.45) is 2.96. The van der Waals surface area contributed by atoms with Gasteiger partial charge >= 0.3 is 0 Å². The van der Waals surface area contributed by atoms with Gasteiger partial charge in [-0.2, -0.15) is 0 Å². The predicted octanol–water partition coefficient (Wildman–Crippen LogP) is 2.71. The first-order chi connectivity index (χ1) is 9.24. The van der Waals surface area contributed by atoms with E-state index in [0.717, 1.165) is 38.9 Å². The number of hydrogen-bond donors (Lipinski definition) is 2. The van der Waals surface area contributed by atoms with Gasteiger partial charge < -0.3 is 15.3 Å². The maximum atomic E-state index is 9.74. The molecule has 0 aliphatic carbocycles. The molecule has 3 nitrogen and oxygen atoms in total. The third-order valence-corrected chi connectivity index (χ3v) is 3.92. The van der Waals surface area contributed by atoms with Crippen LogP contribution in [0.4, 0.5) is 5.69 Å². The van der Waals surface area contributed by atoms with Crippen molar-refractivity contribution in [2.24, 2.45) is 0 Å². The number of aliphatic hydroxyl groups excluding tert-OH is 1. The third kappa shape index (κ3) is 3.71. The topological polar surface area (TPSA) is 35.5 Å². The van der Waals surface area contributed by atoms with Crippen LogP contribution in [0.1, 0.15) is 44.7 Å². The van der Waals surface area contributed by atoms with Crippen LogP contribution in [-0.2, 0) is 0 Å². The smallest absolute Gasteiger partial charge is 0.0715 e. The van der Waals surface area contributed by atoms with Crippen molar-refractivity contribution in [2.75, 3.05) is 24.5 Å². The summed E-state index contributed by atoms with van der Waals surface area (Å²) in [7, 11) is 0. The van der Waals surface area contributed by atoms with Gasteiger partial charge in [-0.05, 0) is 43.5 Å². The second-order valence-electron chi connectivity index (χ2n) is 5.35. The minimum atomic E-state index is -0.168. The summed E-state index contributed by atoms with van der Waals surface area (Å²) in [5, 5.41) is 13.2. The van der Waals surface area contributed by atoms with Crippen molar-refractivity contribution in [2.45, 2.75) is 45.3 Å². The maximum Gasteiger partial charge on any atom is 0.0715 e. The van der Waals surface area contributed by atoms with E-state index in [1.165, 1.54) is 11.3 Å². The molecule has 1 aliphatic rings. The van der Waals surface area contributed by atoms with Crippen LogP contribution in [0.2, 0.25) is 0 Å². The fourth-order valence-electron chi connectivity index (χ4n) is 2.85. The minimum absolute atomic E-state index is 0.168. The molecule has 1 aliphatic heterocycles. The Kier molecular flexibility index (Phi) is 5.23. The number of aliphatic hydroxyl groups is 1. The summed E-state index contributed by atoms with van der Waals surface area (Å²) in [6.45, 7) is 7.18. The van der Waals surface area contributed by atoms with E-state index in [0.29, 0.717) is 6.04 Å². The molecule has 0 amide bonds. The second-order valence-corrected chi connectivity index (χ2v) is 5.35. The lowest BCUT2D eigenvalue weighted by Gasteiger charge is -2.32. The highest BCUT2D eigenvalue weighted by atomic mass is 16.3. The predicted molar refractivity (Wildman–Crippen MR) is 80.6 cm³/mol. The van der Waals surface area contributed by atoms with Crippen LogP contribution in [0.5, 0.6) is 0 Å². The van der Waals surface area contributed by atoms with Crippen molar-refractivity contribution < 1.29 is 5.11 Å². The highest BCUT2D eigenvalue weighted by Crippen LogP contribution is 2.23. The molecule has 1 aromatic rings. The Balaban J connectivity index is 2.04. The van der Waals surface area contributed by atoms with Crippen LogP contribution in [0.3, 0.4) is 0 Å². The van der Waals surface area contributed by atoms with Crippen LogP contribution in [-0.4, -0.2) is 30.8 Å². The van der Waals surface area contributed by atoms with E-state index in [-0.39, 0.29) is 6.10 Å². The molecule has 2 N–H and O–H groups in total. The normalized spacial score (nSPS) is 21.4. The molecule has 1 heterocycles. The van der Waals surface area contributed by atoms with Crippen molar-refractivity contribution >= 4 is 5.69 Å². The zero-order valence-corrected chi connectivity index (χ0v) is 12.1. The third-order valence-electron chi connectivity index (χ3n) is 3.92. The Bertz CT molecular complexity index is 377. The molecular weight excluding hydrogens is 236 g/mol. The van der Waals surface area contributed by atoms with E-state index < -0.39 is 0 Å². The van der Waals surface area contributed by atoms with Gasteiger partial charge in [0.1, 0.15) is 0 Å². The average molecular weight is 262 g/mol. The molecule has 0 saturated carbocycles. The van der Waals surface area contributed by atoms with Crippen molar-refractivity contribution in [3.05, 3.63) is 29.8 Å². The summed E-state index contributed by atoms with van der Waals surface area (Å²) >= 11 is 0. The molecule has 0 bridgehead atoms. The number of piperidine rings is 1. The number of rotatable bonds is 5. The van der Waals surface area contributed by atoms with Gasteiger partial charge in [0.05, 0.1) is 6.10 Å². The van der Waals surface area contributed by atoms with Crippen LogP contribution in [0.15, 0.2) is 24.3 Å². The Morgan fingerprint density at radius 2 is 2.05 bits per heavy atom. The Morgan fingerprint density at radius 1 is 1.32 bits per heavy atom. The summed E-state index contributed by atoms with van der Waals surface area (Å²) in [4.78, 5) is 2.28. The molecule has 2 rings (SSSR count). The van der Waals surface area contributed by atoms with Crippen LogP contribution < -0.4 is 10.2 Å². The summed E-state index contributed by atoms with van der Waals surface area (Å²) in [5.74, 6) is 0. The molecule has 1 aromatic carbocycles. The number of hydrogen-bond acceptors (Lipinski definition) is 3. The van der Waals surface area contributed by atoms with Crippen LogP contribution >= 0.6 is 0 Å². The van der Waals surface area contributed by atoms with E-state index in [1.54, 1.807) is 0 Å². The van der Waals surface area contributed by atoms with Gasteiger partial charge in [0, 0.05) is 24.8 Å². The molecule has 2 atom stereocenters. The lowest BCUT2D eigenvalue weighted by Crippen LogP contribution is -2.38. The van der Waals surface area contributed by atoms with Gasteiger partial charge in [-0.25, -0.2) is 0 Å². The SMILES string of the molecule is CCNC(CC)c1ccc(N2CCCC(O)C2)cc1. The highest BCUT2D eigenvalue weighted by Gasteiger charge is 2.18. The monoisotopic (exact) mass is 262 g/mol. The lowest BCUT2D eigenvalue weighted by molar-refractivity contribution is 0.154. The minimum Gasteiger partial charge on any atom is -0.391 e. The first-order valence-electron chi connectivity index (χ1n) is 7.51. The van der Waals surface area contributed by atoms with E-state index in [4.69, 9.17) is 0 Å². The molecule has 106 valence electrons. The Labute approximate surface area is 116 Å². The molecule has 3 heteroatoms. The molecule has 0 aromatic heterocycles. The molecule has 2 unspecified atom stereocenters. The average Bonchev–Trinajstić information content (AvgIpc) is 2.45. The molecule has 0 spiro atoms. The molecule has 1 fully saturated rings. The number of nitrogens with one attached hydrogen (secondary N) is 1. The summed E-state index contributed by atoms with van der Waals surface area (Å²) in [6, 6.07) is 9.26. The number of β-amino-alcohol motifs (C(OH)–C–C–N with tert-alkyl or cyclic N) is 1. The Hall–Kier alpha value is -1.06. The lowest BCUT2D eigenvalue weighted by atomic mass is 10.0. The van der Waals surface area contributed by atoms with E-state index in [1.807, 2.05) is 0 Å². The van der Waals surface area contributed by atoms with Crippen molar-refractivity contribution in [1.82, 2.24) is 5.32 Å². The van der Waals surface area contributed by atoms with Gasteiger partial charge in [-0.1, -0.05) is 26.0 Å². The second kappa shape index (κ2) is 6.92. The molecule has 1 saturated heterocycles. The zero-order valence-electron chi connectivity index (χ0n) is 12.1. The maximum absolute atomic E-state index is 9.74. The van der Waals surface area contributed by atoms with Gasteiger partial charge in [-0.15, -0.1) is 0 Å². The van der Waals surface area contributed by atoms with Crippen molar-refractivity contribution in [1.29, 1.82) is 0 Å². The van der Waals surface area contributed by atoms with E-state index >= 15 is 0 Å². The van der Waals surface area contributed by atoms with Gasteiger partial charge in [0.15, 0.2) is 0 Å².